The van der Waals surface area contributed by atoms with Gasteiger partial charge >= 0.3 is 12.1 Å². The Morgan fingerprint density at radius 3 is 2.87 bits per heavy atom. The molecule has 0 bridgehead atoms. The van der Waals surface area contributed by atoms with Crippen LogP contribution in [0.4, 0.5) is 4.79 Å². The Labute approximate surface area is 178 Å². The van der Waals surface area contributed by atoms with Crippen LogP contribution in [0.2, 0.25) is 0 Å². The number of rotatable bonds is 4. The van der Waals surface area contributed by atoms with Crippen molar-refractivity contribution >= 4 is 39.5 Å². The van der Waals surface area contributed by atoms with Gasteiger partial charge in [-0.2, -0.15) is 0 Å². The van der Waals surface area contributed by atoms with Gasteiger partial charge in [0.2, 0.25) is 11.4 Å². The Bertz CT molecular complexity index is 1050. The van der Waals surface area contributed by atoms with Crippen LogP contribution in [0, 0.1) is 0 Å². The number of amidine groups is 1. The maximum Gasteiger partial charge on any atom is 0.509 e. The van der Waals surface area contributed by atoms with Crippen LogP contribution in [-0.2, 0) is 18.9 Å². The minimum absolute atomic E-state index is 0.0410. The van der Waals surface area contributed by atoms with E-state index in [1.165, 1.54) is 28.5 Å². The van der Waals surface area contributed by atoms with Gasteiger partial charge in [-0.3, -0.25) is 10.7 Å². The molecular weight excluding hydrogens is 432 g/mol. The maximum absolute atomic E-state index is 12.5. The SMILES string of the molecule is O=C1O[C@@H]2[C@H](O1)[C@@H](COC(=O)c1nc3ccccc3s1)O[C@H]2N1C=CC(NO)=NC1O. The molecule has 3 N–H and O–H groups in total. The fourth-order valence-corrected chi connectivity index (χ4v) is 4.39. The fraction of sp³-hybridized carbons (Fsp3) is 0.333. The highest BCUT2D eigenvalue weighted by molar-refractivity contribution is 7.20. The van der Waals surface area contributed by atoms with E-state index in [1.54, 1.807) is 6.07 Å². The van der Waals surface area contributed by atoms with Crippen molar-refractivity contribution in [2.75, 3.05) is 6.61 Å². The number of aromatic nitrogens is 1. The van der Waals surface area contributed by atoms with Crippen LogP contribution >= 0.6 is 11.3 Å². The summed E-state index contributed by atoms with van der Waals surface area (Å²) in [6.07, 6.45) is -2.99. The second-order valence-corrected chi connectivity index (χ2v) is 7.83. The number of esters is 1. The van der Waals surface area contributed by atoms with Crippen LogP contribution in [0.3, 0.4) is 0 Å². The number of aliphatic imine (C=N–C) groups is 1. The number of thiazole rings is 1. The Hall–Kier alpha value is -3.26. The smallest absolute Gasteiger partial charge is 0.457 e. The summed E-state index contributed by atoms with van der Waals surface area (Å²) in [5.74, 6) is -0.588. The zero-order valence-corrected chi connectivity index (χ0v) is 16.5. The third kappa shape index (κ3) is 3.57. The number of carbonyl (C=O) groups is 2. The van der Waals surface area contributed by atoms with Gasteiger partial charge in [-0.1, -0.05) is 12.1 Å². The van der Waals surface area contributed by atoms with Crippen molar-refractivity contribution in [2.45, 2.75) is 30.9 Å². The van der Waals surface area contributed by atoms with Gasteiger partial charge in [-0.25, -0.2) is 19.6 Å². The third-order valence-corrected chi connectivity index (χ3v) is 5.95. The van der Waals surface area contributed by atoms with E-state index < -0.39 is 43.0 Å². The fourth-order valence-electron chi connectivity index (χ4n) is 3.53. The molecule has 3 aliphatic rings. The van der Waals surface area contributed by atoms with Crippen LogP contribution in [0.1, 0.15) is 9.80 Å². The lowest BCUT2D eigenvalue weighted by Crippen LogP contribution is -2.47. The van der Waals surface area contributed by atoms with Crippen molar-refractivity contribution in [2.24, 2.45) is 4.99 Å². The maximum atomic E-state index is 12.5. The molecule has 0 aliphatic carbocycles. The number of benzene rings is 1. The first-order valence-corrected chi connectivity index (χ1v) is 10.0. The summed E-state index contributed by atoms with van der Waals surface area (Å²) in [5, 5.41) is 19.3. The highest BCUT2D eigenvalue weighted by Gasteiger charge is 2.57. The molecule has 0 spiro atoms. The summed E-state index contributed by atoms with van der Waals surface area (Å²) in [6.45, 7) is -0.219. The van der Waals surface area contributed by atoms with Crippen molar-refractivity contribution in [1.29, 1.82) is 0 Å². The number of nitrogens with one attached hydrogen (secondary N) is 1. The summed E-state index contributed by atoms with van der Waals surface area (Å²) in [5.41, 5.74) is 2.52. The van der Waals surface area contributed by atoms with Crippen molar-refractivity contribution in [1.82, 2.24) is 15.4 Å². The number of aliphatic hydroxyl groups is 1. The zero-order chi connectivity index (χ0) is 21.5. The number of fused-ring (bicyclic) bond motifs is 2. The molecule has 5 atom stereocenters. The standard InChI is InChI=1S/C18H16N4O8S/c23-16(14-19-8-3-1-2-4-10(8)31-14)27-7-9-12-13(30-18(25)29-12)15(28-9)22-6-5-11(21-26)20-17(22)24/h1-6,9,12-13,15,17,24,26H,7H2,(H,20,21)/t9-,12-,13-,15-,17?/m1/s1. The second-order valence-electron chi connectivity index (χ2n) is 6.80. The number of nitrogens with zero attached hydrogens (tertiary/aromatic N) is 3. The molecule has 2 fully saturated rings. The highest BCUT2D eigenvalue weighted by atomic mass is 32.1. The minimum Gasteiger partial charge on any atom is -0.457 e. The van der Waals surface area contributed by atoms with E-state index in [-0.39, 0.29) is 17.5 Å². The highest BCUT2D eigenvalue weighted by Crippen LogP contribution is 2.35. The largest absolute Gasteiger partial charge is 0.509 e. The van der Waals surface area contributed by atoms with E-state index in [9.17, 15) is 14.7 Å². The van der Waals surface area contributed by atoms with Gasteiger partial charge in [0, 0.05) is 6.20 Å². The van der Waals surface area contributed by atoms with Gasteiger partial charge in [0.05, 0.1) is 10.2 Å². The van der Waals surface area contributed by atoms with Gasteiger partial charge in [-0.15, -0.1) is 11.3 Å². The number of carbonyl (C=O) groups excluding carboxylic acids is 2. The van der Waals surface area contributed by atoms with Crippen LogP contribution in [0.15, 0.2) is 41.5 Å². The summed E-state index contributed by atoms with van der Waals surface area (Å²) in [6, 6.07) is 7.33. The number of ether oxygens (including phenoxy) is 4. The first-order chi connectivity index (χ1) is 15.0. The molecule has 1 unspecified atom stereocenters. The van der Waals surface area contributed by atoms with Crippen LogP contribution in [0.5, 0.6) is 0 Å². The topological polar surface area (TPSA) is 152 Å². The average Bonchev–Trinajstić information content (AvgIpc) is 3.45. The molecule has 31 heavy (non-hydrogen) atoms. The lowest BCUT2D eigenvalue weighted by molar-refractivity contribution is -0.136. The molecule has 2 saturated heterocycles. The van der Waals surface area contributed by atoms with Crippen LogP contribution < -0.4 is 5.48 Å². The monoisotopic (exact) mass is 448 g/mol. The predicted molar refractivity (Wildman–Crippen MR) is 103 cm³/mol. The Morgan fingerprint density at radius 1 is 1.29 bits per heavy atom. The van der Waals surface area contributed by atoms with E-state index >= 15 is 0 Å². The Kier molecular flexibility index (Phi) is 4.94. The first-order valence-electron chi connectivity index (χ1n) is 9.20. The van der Waals surface area contributed by atoms with Gasteiger partial charge in [0.15, 0.2) is 24.3 Å². The first kappa shape index (κ1) is 19.7. The molecule has 1 aromatic carbocycles. The molecule has 3 aliphatic heterocycles. The second kappa shape index (κ2) is 7.77. The summed E-state index contributed by atoms with van der Waals surface area (Å²) >= 11 is 1.21. The Balaban J connectivity index is 1.28. The van der Waals surface area contributed by atoms with E-state index in [2.05, 4.69) is 9.98 Å². The number of hydrogen-bond donors (Lipinski definition) is 3. The normalized spacial score (nSPS) is 29.4. The number of para-hydroxylation sites is 1. The van der Waals surface area contributed by atoms with E-state index in [0.717, 1.165) is 4.70 Å². The molecule has 5 rings (SSSR count). The molecule has 162 valence electrons. The lowest BCUT2D eigenvalue weighted by atomic mass is 10.1. The van der Waals surface area contributed by atoms with Crippen molar-refractivity contribution < 1.29 is 38.9 Å². The van der Waals surface area contributed by atoms with Crippen molar-refractivity contribution in [3.05, 3.63) is 41.5 Å². The number of hydroxylamine groups is 1. The molecule has 0 saturated carbocycles. The van der Waals surface area contributed by atoms with E-state index in [0.29, 0.717) is 5.52 Å². The summed E-state index contributed by atoms with van der Waals surface area (Å²) in [7, 11) is 0. The quantitative estimate of drug-likeness (QED) is 0.444. The average molecular weight is 448 g/mol. The Morgan fingerprint density at radius 2 is 2.10 bits per heavy atom. The molecule has 2 aromatic rings. The summed E-state index contributed by atoms with van der Waals surface area (Å²) < 4.78 is 22.4. The molecule has 1 aromatic heterocycles. The van der Waals surface area contributed by atoms with Gasteiger partial charge in [0.25, 0.3) is 0 Å². The lowest BCUT2D eigenvalue weighted by Gasteiger charge is -2.33. The van der Waals surface area contributed by atoms with Crippen LogP contribution in [-0.4, -0.2) is 75.7 Å². The molecule has 12 nitrogen and oxygen atoms in total. The minimum atomic E-state index is -1.41. The molecule has 13 heteroatoms. The van der Waals surface area contributed by atoms with E-state index in [4.69, 9.17) is 24.2 Å². The molecular formula is C18H16N4O8S. The van der Waals surface area contributed by atoms with Crippen molar-refractivity contribution in [3.8, 4) is 0 Å². The molecule has 0 radical (unpaired) electrons. The third-order valence-electron chi connectivity index (χ3n) is 4.93. The zero-order valence-electron chi connectivity index (χ0n) is 15.7. The van der Waals surface area contributed by atoms with Gasteiger partial charge < -0.3 is 29.0 Å². The van der Waals surface area contributed by atoms with Crippen LogP contribution in [0.25, 0.3) is 10.2 Å². The van der Waals surface area contributed by atoms with Gasteiger partial charge in [0.1, 0.15) is 12.7 Å². The number of hydrogen-bond acceptors (Lipinski definition) is 13. The summed E-state index contributed by atoms with van der Waals surface area (Å²) in [4.78, 5) is 33.5. The predicted octanol–water partition coefficient (Wildman–Crippen LogP) is 0.564. The number of aliphatic hydroxyl groups excluding tert-OH is 1. The van der Waals surface area contributed by atoms with E-state index in [1.807, 2.05) is 23.7 Å². The van der Waals surface area contributed by atoms with Crippen molar-refractivity contribution in [3.63, 3.8) is 0 Å². The molecule has 0 amide bonds. The van der Waals surface area contributed by atoms with Gasteiger partial charge in [-0.05, 0) is 18.2 Å². The molecule has 4 heterocycles.